The van der Waals surface area contributed by atoms with Crippen LogP contribution in [0.3, 0.4) is 0 Å². The molecule has 130 valence electrons. The van der Waals surface area contributed by atoms with Crippen molar-refractivity contribution >= 4 is 23.3 Å². The van der Waals surface area contributed by atoms with Crippen LogP contribution in [0.15, 0.2) is 24.5 Å². The molecule has 24 heavy (non-hydrogen) atoms. The maximum Gasteiger partial charge on any atom is 0.317 e. The molecule has 0 radical (unpaired) electrons. The number of ether oxygens (including phenoxy) is 1. The summed E-state index contributed by atoms with van der Waals surface area (Å²) in [6.45, 7) is 4.97. The number of methoxy groups -OCH3 is 1. The molecule has 0 unspecified atom stereocenters. The first-order chi connectivity index (χ1) is 11.7. The number of nitrogens with one attached hydrogen (secondary N) is 1. The molecule has 0 saturated carbocycles. The molecule has 1 fully saturated rings. The number of fused-ring (bicyclic) bond motifs is 1. The fraction of sp³-hybridized carbons (Fsp3) is 0.500. The number of carbonyl (C=O) groups excluding carboxylic acids is 1. The summed E-state index contributed by atoms with van der Waals surface area (Å²) >= 11 is 6.00. The molecular weight excluding hydrogens is 330 g/mol. The van der Waals surface area contributed by atoms with E-state index in [0.717, 1.165) is 44.1 Å². The second kappa shape index (κ2) is 7.83. The van der Waals surface area contributed by atoms with Gasteiger partial charge in [0, 0.05) is 58.8 Å². The van der Waals surface area contributed by atoms with E-state index < -0.39 is 0 Å². The number of aromatic nitrogens is 2. The van der Waals surface area contributed by atoms with Crippen molar-refractivity contribution in [2.75, 3.05) is 46.4 Å². The van der Waals surface area contributed by atoms with Gasteiger partial charge < -0.3 is 19.4 Å². The highest BCUT2D eigenvalue weighted by molar-refractivity contribution is 6.30. The summed E-state index contributed by atoms with van der Waals surface area (Å²) in [7, 11) is 1.62. The Kier molecular flexibility index (Phi) is 5.55. The third kappa shape index (κ3) is 4.17. The number of pyridine rings is 1. The Morgan fingerprint density at radius 3 is 2.83 bits per heavy atom. The Morgan fingerprint density at radius 2 is 2.08 bits per heavy atom. The first-order valence-electron chi connectivity index (χ1n) is 8.03. The van der Waals surface area contributed by atoms with Crippen molar-refractivity contribution in [2.24, 2.45) is 0 Å². The molecular formula is C16H22ClN5O2. The molecule has 1 saturated heterocycles. The van der Waals surface area contributed by atoms with Gasteiger partial charge in [-0.2, -0.15) is 0 Å². The van der Waals surface area contributed by atoms with Gasteiger partial charge in [0.05, 0.1) is 17.3 Å². The van der Waals surface area contributed by atoms with E-state index in [0.29, 0.717) is 18.2 Å². The van der Waals surface area contributed by atoms with E-state index in [1.165, 1.54) is 0 Å². The second-order valence-electron chi connectivity index (χ2n) is 5.83. The van der Waals surface area contributed by atoms with Crippen molar-refractivity contribution in [1.82, 2.24) is 24.5 Å². The van der Waals surface area contributed by atoms with E-state index in [1.54, 1.807) is 7.11 Å². The zero-order chi connectivity index (χ0) is 16.9. The number of imidazole rings is 1. The lowest BCUT2D eigenvalue weighted by molar-refractivity contribution is 0.131. The number of rotatable bonds is 5. The maximum absolute atomic E-state index is 12.0. The smallest absolute Gasteiger partial charge is 0.317 e. The molecule has 1 aliphatic heterocycles. The molecule has 1 aliphatic rings. The standard InChI is InChI=1S/C16H22ClN5O2/c1-24-9-4-18-16(23)21-7-5-20(6-8-21)11-14-12-22-10-13(17)2-3-15(22)19-14/h2-3,10,12H,4-9,11H2,1H3,(H,18,23). The van der Waals surface area contributed by atoms with Crippen LogP contribution in [-0.4, -0.2) is 71.7 Å². The van der Waals surface area contributed by atoms with Crippen molar-refractivity contribution in [1.29, 1.82) is 0 Å². The van der Waals surface area contributed by atoms with E-state index in [-0.39, 0.29) is 6.03 Å². The molecule has 3 rings (SSSR count). The van der Waals surface area contributed by atoms with Crippen LogP contribution in [0, 0.1) is 0 Å². The molecule has 0 aromatic carbocycles. The van der Waals surface area contributed by atoms with Crippen molar-refractivity contribution in [3.8, 4) is 0 Å². The summed E-state index contributed by atoms with van der Waals surface area (Å²) < 4.78 is 6.88. The molecule has 0 bridgehead atoms. The third-order valence-electron chi connectivity index (χ3n) is 4.09. The Bertz CT molecular complexity index is 697. The number of piperazine rings is 1. The Hall–Kier alpha value is -1.83. The van der Waals surface area contributed by atoms with Gasteiger partial charge in [-0.1, -0.05) is 11.6 Å². The van der Waals surface area contributed by atoms with Crippen molar-refractivity contribution in [3.05, 3.63) is 35.2 Å². The number of hydrogen-bond donors (Lipinski definition) is 1. The maximum atomic E-state index is 12.0. The highest BCUT2D eigenvalue weighted by Crippen LogP contribution is 2.13. The normalized spacial score (nSPS) is 15.8. The zero-order valence-corrected chi connectivity index (χ0v) is 14.5. The average Bonchev–Trinajstić information content (AvgIpc) is 2.97. The SMILES string of the molecule is COCCNC(=O)N1CCN(Cc2cn3cc(Cl)ccc3n2)CC1. The van der Waals surface area contributed by atoms with Gasteiger partial charge in [0.2, 0.25) is 0 Å². The van der Waals surface area contributed by atoms with Crippen molar-refractivity contribution in [2.45, 2.75) is 6.54 Å². The monoisotopic (exact) mass is 351 g/mol. The molecule has 3 heterocycles. The van der Waals surface area contributed by atoms with E-state index in [2.05, 4.69) is 15.2 Å². The fourth-order valence-corrected chi connectivity index (χ4v) is 2.97. The number of carbonyl (C=O) groups is 1. The zero-order valence-electron chi connectivity index (χ0n) is 13.7. The molecule has 0 atom stereocenters. The van der Waals surface area contributed by atoms with Crippen LogP contribution in [0.25, 0.3) is 5.65 Å². The summed E-state index contributed by atoms with van der Waals surface area (Å²) in [6, 6.07) is 3.73. The quantitative estimate of drug-likeness (QED) is 0.828. The van der Waals surface area contributed by atoms with Gasteiger partial charge >= 0.3 is 6.03 Å². The number of hydrogen-bond acceptors (Lipinski definition) is 4. The molecule has 2 aromatic heterocycles. The van der Waals surface area contributed by atoms with Gasteiger partial charge in [-0.25, -0.2) is 9.78 Å². The molecule has 0 spiro atoms. The summed E-state index contributed by atoms with van der Waals surface area (Å²) in [6.07, 6.45) is 3.86. The van der Waals surface area contributed by atoms with Crippen molar-refractivity contribution in [3.63, 3.8) is 0 Å². The van der Waals surface area contributed by atoms with Crippen LogP contribution in [-0.2, 0) is 11.3 Å². The minimum atomic E-state index is -0.0194. The van der Waals surface area contributed by atoms with Crippen LogP contribution in [0.4, 0.5) is 4.79 Å². The summed E-state index contributed by atoms with van der Waals surface area (Å²) in [5, 5.41) is 3.55. The summed E-state index contributed by atoms with van der Waals surface area (Å²) in [5.41, 5.74) is 1.90. The molecule has 0 aliphatic carbocycles. The number of nitrogens with zero attached hydrogens (tertiary/aromatic N) is 4. The van der Waals surface area contributed by atoms with Crippen LogP contribution >= 0.6 is 11.6 Å². The van der Waals surface area contributed by atoms with Gasteiger partial charge in [0.25, 0.3) is 0 Å². The van der Waals surface area contributed by atoms with E-state index in [4.69, 9.17) is 16.3 Å². The molecule has 7 nitrogen and oxygen atoms in total. The molecule has 8 heteroatoms. The Balaban J connectivity index is 1.50. The minimum absolute atomic E-state index is 0.0194. The fourth-order valence-electron chi connectivity index (χ4n) is 2.80. The number of amides is 2. The average molecular weight is 352 g/mol. The highest BCUT2D eigenvalue weighted by Gasteiger charge is 2.21. The summed E-state index contributed by atoms with van der Waals surface area (Å²) in [4.78, 5) is 20.8. The largest absolute Gasteiger partial charge is 0.383 e. The van der Waals surface area contributed by atoms with E-state index in [9.17, 15) is 4.79 Å². The van der Waals surface area contributed by atoms with Crippen LogP contribution in [0.2, 0.25) is 5.02 Å². The lowest BCUT2D eigenvalue weighted by atomic mass is 10.3. The lowest BCUT2D eigenvalue weighted by Gasteiger charge is -2.34. The van der Waals surface area contributed by atoms with Gasteiger partial charge in [0.1, 0.15) is 5.65 Å². The van der Waals surface area contributed by atoms with E-state index in [1.807, 2.05) is 33.8 Å². The molecule has 2 amide bonds. The van der Waals surface area contributed by atoms with Gasteiger partial charge in [-0.15, -0.1) is 0 Å². The van der Waals surface area contributed by atoms with Gasteiger partial charge in [-0.3, -0.25) is 4.90 Å². The van der Waals surface area contributed by atoms with Crippen LogP contribution in [0.1, 0.15) is 5.69 Å². The van der Waals surface area contributed by atoms with E-state index >= 15 is 0 Å². The molecule has 1 N–H and O–H groups in total. The summed E-state index contributed by atoms with van der Waals surface area (Å²) in [5.74, 6) is 0. The third-order valence-corrected chi connectivity index (χ3v) is 4.32. The highest BCUT2D eigenvalue weighted by atomic mass is 35.5. The van der Waals surface area contributed by atoms with Crippen LogP contribution < -0.4 is 5.32 Å². The molecule has 2 aromatic rings. The lowest BCUT2D eigenvalue weighted by Crippen LogP contribution is -2.51. The second-order valence-corrected chi connectivity index (χ2v) is 6.27. The topological polar surface area (TPSA) is 62.1 Å². The Labute approximate surface area is 146 Å². The van der Waals surface area contributed by atoms with Crippen molar-refractivity contribution < 1.29 is 9.53 Å². The van der Waals surface area contributed by atoms with Gasteiger partial charge in [-0.05, 0) is 12.1 Å². The first kappa shape index (κ1) is 17.0. The Morgan fingerprint density at radius 1 is 1.29 bits per heavy atom. The predicted molar refractivity (Wildman–Crippen MR) is 92.3 cm³/mol. The minimum Gasteiger partial charge on any atom is -0.383 e. The first-order valence-corrected chi connectivity index (χ1v) is 8.41. The number of halogens is 1. The van der Waals surface area contributed by atoms with Gasteiger partial charge in [0.15, 0.2) is 0 Å². The van der Waals surface area contributed by atoms with Crippen LogP contribution in [0.5, 0.6) is 0 Å². The predicted octanol–water partition coefficient (Wildman–Crippen LogP) is 1.46. The number of urea groups is 1.